The molecule has 2 N–H and O–H groups in total. The molecule has 3 aromatic rings. The lowest BCUT2D eigenvalue weighted by Gasteiger charge is -2.03. The van der Waals surface area contributed by atoms with Crippen molar-refractivity contribution in [3.8, 4) is 0 Å². The lowest BCUT2D eigenvalue weighted by atomic mass is 10.2. The van der Waals surface area contributed by atoms with Crippen LogP contribution in [-0.2, 0) is 18.0 Å². The Morgan fingerprint density at radius 2 is 2.08 bits per heavy atom. The standard InChI is InChI=1S/C18H18N2O4S/c1-11-3-5-13(6-4-11)19-18-20-14(10-25-18)9-23-17(22)16-7-15(8-21)24-12(16)2/h3-7,10,21H,8-9H2,1-2H3,(H,19,20). The highest BCUT2D eigenvalue weighted by molar-refractivity contribution is 7.13. The number of nitrogens with zero attached hydrogens (tertiary/aromatic N) is 1. The van der Waals surface area contributed by atoms with Crippen LogP contribution in [0.1, 0.15) is 33.1 Å². The Kier molecular flexibility index (Phi) is 5.16. The van der Waals surface area contributed by atoms with Gasteiger partial charge in [0, 0.05) is 11.1 Å². The van der Waals surface area contributed by atoms with Crippen molar-refractivity contribution < 1.29 is 19.1 Å². The van der Waals surface area contributed by atoms with Crippen LogP contribution in [0.3, 0.4) is 0 Å². The lowest BCUT2D eigenvalue weighted by molar-refractivity contribution is 0.0466. The Hall–Kier alpha value is -2.64. The van der Waals surface area contributed by atoms with Crippen molar-refractivity contribution in [1.29, 1.82) is 0 Å². The van der Waals surface area contributed by atoms with Gasteiger partial charge in [-0.1, -0.05) is 17.7 Å². The molecular formula is C18H18N2O4S. The molecule has 0 atom stereocenters. The smallest absolute Gasteiger partial charge is 0.342 e. The first-order valence-corrected chi connectivity index (χ1v) is 8.58. The summed E-state index contributed by atoms with van der Waals surface area (Å²) in [6.45, 7) is 3.51. The third kappa shape index (κ3) is 4.26. The summed E-state index contributed by atoms with van der Waals surface area (Å²) in [4.78, 5) is 16.5. The summed E-state index contributed by atoms with van der Waals surface area (Å²) in [6.07, 6.45) is 0. The van der Waals surface area contributed by atoms with Crippen LogP contribution in [-0.4, -0.2) is 16.1 Å². The van der Waals surface area contributed by atoms with E-state index in [-0.39, 0.29) is 13.2 Å². The van der Waals surface area contributed by atoms with Crippen LogP contribution in [0.2, 0.25) is 0 Å². The highest BCUT2D eigenvalue weighted by Gasteiger charge is 2.16. The number of aliphatic hydroxyl groups excluding tert-OH is 1. The van der Waals surface area contributed by atoms with Crippen LogP contribution in [0.4, 0.5) is 10.8 Å². The van der Waals surface area contributed by atoms with Crippen LogP contribution in [0.5, 0.6) is 0 Å². The molecule has 0 amide bonds. The van der Waals surface area contributed by atoms with Crippen molar-refractivity contribution in [2.75, 3.05) is 5.32 Å². The van der Waals surface area contributed by atoms with E-state index in [2.05, 4.69) is 10.3 Å². The van der Waals surface area contributed by atoms with Gasteiger partial charge in [-0.25, -0.2) is 9.78 Å². The Labute approximate surface area is 149 Å². The molecular weight excluding hydrogens is 340 g/mol. The molecule has 2 heterocycles. The second-order valence-corrected chi connectivity index (χ2v) is 6.41. The first-order valence-electron chi connectivity index (χ1n) is 7.70. The zero-order valence-electron chi connectivity index (χ0n) is 13.9. The molecule has 130 valence electrons. The SMILES string of the molecule is Cc1ccc(Nc2nc(COC(=O)c3cc(CO)oc3C)cs2)cc1. The third-order valence-corrected chi connectivity index (χ3v) is 4.36. The van der Waals surface area contributed by atoms with E-state index in [0.717, 1.165) is 10.8 Å². The van der Waals surface area contributed by atoms with Crippen molar-refractivity contribution in [3.63, 3.8) is 0 Å². The first-order chi connectivity index (χ1) is 12.0. The molecule has 7 heteroatoms. The highest BCUT2D eigenvalue weighted by atomic mass is 32.1. The zero-order chi connectivity index (χ0) is 17.8. The number of carbonyl (C=O) groups excluding carboxylic acids is 1. The first kappa shape index (κ1) is 17.2. The van der Waals surface area contributed by atoms with Crippen LogP contribution >= 0.6 is 11.3 Å². The van der Waals surface area contributed by atoms with Crippen molar-refractivity contribution in [1.82, 2.24) is 4.98 Å². The number of aliphatic hydroxyl groups is 1. The normalized spacial score (nSPS) is 10.7. The van der Waals surface area contributed by atoms with Crippen LogP contribution in [0.15, 0.2) is 40.1 Å². The fraction of sp³-hybridized carbons (Fsp3) is 0.222. The molecule has 1 aromatic carbocycles. The quantitative estimate of drug-likeness (QED) is 0.649. The summed E-state index contributed by atoms with van der Waals surface area (Å²) < 4.78 is 10.5. The number of benzene rings is 1. The van der Waals surface area contributed by atoms with Gasteiger partial charge in [0.25, 0.3) is 0 Å². The van der Waals surface area contributed by atoms with Crippen molar-refractivity contribution in [2.45, 2.75) is 27.1 Å². The van der Waals surface area contributed by atoms with E-state index in [4.69, 9.17) is 14.3 Å². The molecule has 0 saturated carbocycles. The summed E-state index contributed by atoms with van der Waals surface area (Å²) in [5.41, 5.74) is 3.12. The number of hydrogen-bond acceptors (Lipinski definition) is 7. The van der Waals surface area contributed by atoms with Gasteiger partial charge in [0.05, 0.1) is 5.69 Å². The maximum Gasteiger partial charge on any atom is 0.342 e. The molecule has 0 aliphatic heterocycles. The lowest BCUT2D eigenvalue weighted by Crippen LogP contribution is -2.05. The van der Waals surface area contributed by atoms with E-state index >= 15 is 0 Å². The van der Waals surface area contributed by atoms with E-state index in [1.165, 1.54) is 23.0 Å². The molecule has 0 saturated heterocycles. The van der Waals surface area contributed by atoms with Crippen molar-refractivity contribution in [2.24, 2.45) is 0 Å². The summed E-state index contributed by atoms with van der Waals surface area (Å²) in [5.74, 6) is 0.263. The largest absolute Gasteiger partial charge is 0.463 e. The Balaban J connectivity index is 1.58. The summed E-state index contributed by atoms with van der Waals surface area (Å²) in [7, 11) is 0. The van der Waals surface area contributed by atoms with E-state index in [1.54, 1.807) is 6.92 Å². The predicted molar refractivity (Wildman–Crippen MR) is 95.1 cm³/mol. The second-order valence-electron chi connectivity index (χ2n) is 5.55. The van der Waals surface area contributed by atoms with Gasteiger partial charge in [-0.3, -0.25) is 0 Å². The molecule has 6 nitrogen and oxygen atoms in total. The van der Waals surface area contributed by atoms with Gasteiger partial charge < -0.3 is 19.6 Å². The molecule has 0 aliphatic rings. The van der Waals surface area contributed by atoms with E-state index in [0.29, 0.717) is 22.8 Å². The van der Waals surface area contributed by atoms with Crippen LogP contribution < -0.4 is 5.32 Å². The predicted octanol–water partition coefficient (Wildman–Crippen LogP) is 3.95. The van der Waals surface area contributed by atoms with Gasteiger partial charge in [-0.05, 0) is 32.0 Å². The van der Waals surface area contributed by atoms with Gasteiger partial charge in [-0.15, -0.1) is 11.3 Å². The number of esters is 1. The molecule has 0 unspecified atom stereocenters. The topological polar surface area (TPSA) is 84.6 Å². The number of hydrogen-bond donors (Lipinski definition) is 2. The number of furan rings is 1. The maximum atomic E-state index is 12.1. The fourth-order valence-corrected chi connectivity index (χ4v) is 2.95. The molecule has 2 aromatic heterocycles. The average Bonchev–Trinajstić information content (AvgIpc) is 3.21. The van der Waals surface area contributed by atoms with Crippen molar-refractivity contribution >= 4 is 28.1 Å². The van der Waals surface area contributed by atoms with E-state index in [1.807, 2.05) is 36.6 Å². The number of aromatic nitrogens is 1. The van der Waals surface area contributed by atoms with Gasteiger partial charge >= 0.3 is 5.97 Å². The minimum absolute atomic E-state index is 0.0734. The van der Waals surface area contributed by atoms with E-state index < -0.39 is 5.97 Å². The maximum absolute atomic E-state index is 12.1. The average molecular weight is 358 g/mol. The Morgan fingerprint density at radius 3 is 2.76 bits per heavy atom. The van der Waals surface area contributed by atoms with Crippen molar-refractivity contribution in [3.05, 3.63) is 64.1 Å². The fourth-order valence-electron chi connectivity index (χ4n) is 2.23. The highest BCUT2D eigenvalue weighted by Crippen LogP contribution is 2.22. The summed E-state index contributed by atoms with van der Waals surface area (Å²) in [5, 5.41) is 14.8. The van der Waals surface area contributed by atoms with Gasteiger partial charge in [0.15, 0.2) is 5.13 Å². The molecule has 0 radical (unpaired) electrons. The number of thiazole rings is 1. The summed E-state index contributed by atoms with van der Waals surface area (Å²) >= 11 is 1.44. The number of rotatable bonds is 6. The van der Waals surface area contributed by atoms with E-state index in [9.17, 15) is 4.79 Å². The number of anilines is 2. The summed E-state index contributed by atoms with van der Waals surface area (Å²) in [6, 6.07) is 9.50. The number of ether oxygens (including phenoxy) is 1. The van der Waals surface area contributed by atoms with Gasteiger partial charge in [-0.2, -0.15) is 0 Å². The molecule has 0 spiro atoms. The second kappa shape index (κ2) is 7.50. The van der Waals surface area contributed by atoms with Gasteiger partial charge in [0.1, 0.15) is 30.3 Å². The number of aryl methyl sites for hydroxylation is 2. The van der Waals surface area contributed by atoms with Crippen LogP contribution in [0.25, 0.3) is 0 Å². The minimum Gasteiger partial charge on any atom is -0.463 e. The Morgan fingerprint density at radius 1 is 1.32 bits per heavy atom. The van der Waals surface area contributed by atoms with Gasteiger partial charge in [0.2, 0.25) is 0 Å². The molecule has 0 fully saturated rings. The number of nitrogens with one attached hydrogen (secondary N) is 1. The molecule has 25 heavy (non-hydrogen) atoms. The monoisotopic (exact) mass is 358 g/mol. The molecule has 3 rings (SSSR count). The van der Waals surface area contributed by atoms with Crippen LogP contribution in [0, 0.1) is 13.8 Å². The zero-order valence-corrected chi connectivity index (χ0v) is 14.7. The number of carbonyl (C=O) groups is 1. The molecule has 0 aliphatic carbocycles. The minimum atomic E-state index is -0.498. The Bertz CT molecular complexity index is 868. The third-order valence-electron chi connectivity index (χ3n) is 3.55. The molecule has 0 bridgehead atoms.